The number of fused-ring (bicyclic) bond motifs is 1. The Morgan fingerprint density at radius 2 is 1.77 bits per heavy atom. The third-order valence-corrected chi connectivity index (χ3v) is 6.69. The molecule has 0 spiro atoms. The number of hydrogen-bond acceptors (Lipinski definition) is 2. The molecule has 1 aliphatic carbocycles. The first-order valence-corrected chi connectivity index (χ1v) is 10.8. The first-order valence-electron chi connectivity index (χ1n) is 10.8. The number of aromatic nitrogens is 1. The second-order valence-electron chi connectivity index (χ2n) is 8.69. The van der Waals surface area contributed by atoms with Gasteiger partial charge in [0.15, 0.2) is 5.78 Å². The van der Waals surface area contributed by atoms with E-state index in [-0.39, 0.29) is 23.4 Å². The maximum absolute atomic E-state index is 14.6. The van der Waals surface area contributed by atoms with Gasteiger partial charge in [-0.05, 0) is 65.8 Å². The largest absolute Gasteiger partial charge is 0.294 e. The SMILES string of the molecule is CC1=C(Cc2cccc(C)c2F)C(=O)C(C)c2cc(C(C)c3ncccc3C)ccc21. The van der Waals surface area contributed by atoms with Crippen LogP contribution in [0.5, 0.6) is 0 Å². The summed E-state index contributed by atoms with van der Waals surface area (Å²) in [6.45, 7) is 9.93. The first kappa shape index (κ1) is 21.2. The molecule has 2 unspecified atom stereocenters. The molecule has 2 atom stereocenters. The summed E-state index contributed by atoms with van der Waals surface area (Å²) in [4.78, 5) is 17.9. The number of benzene rings is 2. The average Bonchev–Trinajstić information content (AvgIpc) is 2.77. The number of pyridine rings is 1. The molecule has 0 aliphatic heterocycles. The van der Waals surface area contributed by atoms with Crippen molar-refractivity contribution < 1.29 is 9.18 Å². The van der Waals surface area contributed by atoms with Crippen LogP contribution < -0.4 is 0 Å². The maximum atomic E-state index is 14.6. The first-order chi connectivity index (χ1) is 14.8. The van der Waals surface area contributed by atoms with Gasteiger partial charge in [0.2, 0.25) is 0 Å². The van der Waals surface area contributed by atoms with Crippen LogP contribution in [0.2, 0.25) is 0 Å². The molecule has 3 aromatic rings. The Kier molecular flexibility index (Phi) is 5.62. The molecule has 1 aromatic heterocycles. The van der Waals surface area contributed by atoms with Gasteiger partial charge in [0, 0.05) is 30.0 Å². The van der Waals surface area contributed by atoms with Crippen LogP contribution in [-0.4, -0.2) is 10.8 Å². The normalized spacial score (nSPS) is 17.0. The maximum Gasteiger partial charge on any atom is 0.166 e. The molecule has 3 heteroatoms. The van der Waals surface area contributed by atoms with Crippen molar-refractivity contribution in [1.82, 2.24) is 4.98 Å². The minimum atomic E-state index is -0.251. The molecule has 4 rings (SSSR count). The summed E-state index contributed by atoms with van der Waals surface area (Å²) in [5.41, 5.74) is 8.36. The van der Waals surface area contributed by atoms with Crippen molar-refractivity contribution in [2.24, 2.45) is 0 Å². The monoisotopic (exact) mass is 413 g/mol. The summed E-state index contributed by atoms with van der Waals surface area (Å²) >= 11 is 0. The van der Waals surface area contributed by atoms with Gasteiger partial charge in [-0.1, -0.05) is 56.3 Å². The number of ketones is 1. The standard InChI is InChI=1S/C28H28FNO/c1-16-8-6-10-22(26(16)29)15-25-19(4)23-12-11-21(14-24(23)20(5)28(25)31)18(3)27-17(2)9-7-13-30-27/h6-14,18,20H,15H2,1-5H3. The Morgan fingerprint density at radius 1 is 1.03 bits per heavy atom. The minimum absolute atomic E-state index is 0.0877. The van der Waals surface area contributed by atoms with Gasteiger partial charge in [-0.15, -0.1) is 0 Å². The number of carbonyl (C=O) groups excluding carboxylic acids is 1. The van der Waals surface area contributed by atoms with Gasteiger partial charge in [0.1, 0.15) is 5.82 Å². The van der Waals surface area contributed by atoms with Crippen molar-refractivity contribution in [3.63, 3.8) is 0 Å². The van der Waals surface area contributed by atoms with Crippen LogP contribution in [0.15, 0.2) is 60.3 Å². The van der Waals surface area contributed by atoms with Crippen LogP contribution in [0.1, 0.15) is 71.7 Å². The predicted octanol–water partition coefficient (Wildman–Crippen LogP) is 6.69. The van der Waals surface area contributed by atoms with E-state index in [1.807, 2.05) is 32.2 Å². The van der Waals surface area contributed by atoms with Crippen LogP contribution in [0, 0.1) is 19.7 Å². The summed E-state index contributed by atoms with van der Waals surface area (Å²) in [5.74, 6) is -0.242. The highest BCUT2D eigenvalue weighted by molar-refractivity contribution is 6.09. The Morgan fingerprint density at radius 3 is 2.52 bits per heavy atom. The lowest BCUT2D eigenvalue weighted by atomic mass is 9.76. The molecule has 0 saturated carbocycles. The number of Topliss-reactive ketones (excluding diaryl/α,β-unsaturated/α-hetero) is 1. The highest BCUT2D eigenvalue weighted by Gasteiger charge is 2.30. The number of allylic oxidation sites excluding steroid dienone is 2. The van der Waals surface area contributed by atoms with Gasteiger partial charge in [-0.3, -0.25) is 9.78 Å². The van der Waals surface area contributed by atoms with E-state index in [1.165, 1.54) is 0 Å². The fraction of sp³-hybridized carbons (Fsp3) is 0.286. The Labute approximate surface area is 183 Å². The molecule has 1 aliphatic rings. The molecule has 0 saturated heterocycles. The van der Waals surface area contributed by atoms with Crippen molar-refractivity contribution >= 4 is 11.4 Å². The van der Waals surface area contributed by atoms with E-state index in [4.69, 9.17) is 0 Å². The molecule has 0 fully saturated rings. The number of hydrogen-bond donors (Lipinski definition) is 0. The Hall–Kier alpha value is -3.07. The van der Waals surface area contributed by atoms with Gasteiger partial charge >= 0.3 is 0 Å². The second kappa shape index (κ2) is 8.22. The molecule has 158 valence electrons. The quantitative estimate of drug-likeness (QED) is 0.477. The molecular weight excluding hydrogens is 385 g/mol. The van der Waals surface area contributed by atoms with Crippen molar-refractivity contribution in [2.75, 3.05) is 0 Å². The van der Waals surface area contributed by atoms with E-state index < -0.39 is 0 Å². The number of carbonyl (C=O) groups is 1. The second-order valence-corrected chi connectivity index (χ2v) is 8.69. The van der Waals surface area contributed by atoms with Crippen LogP contribution in [0.4, 0.5) is 4.39 Å². The topological polar surface area (TPSA) is 30.0 Å². The number of aryl methyl sites for hydroxylation is 2. The van der Waals surface area contributed by atoms with Crippen molar-refractivity contribution in [3.8, 4) is 0 Å². The van der Waals surface area contributed by atoms with Crippen LogP contribution in [-0.2, 0) is 11.2 Å². The van der Waals surface area contributed by atoms with Crippen LogP contribution in [0.3, 0.4) is 0 Å². The highest BCUT2D eigenvalue weighted by Crippen LogP contribution is 2.39. The zero-order chi connectivity index (χ0) is 22.3. The third kappa shape index (κ3) is 3.74. The summed E-state index contributed by atoms with van der Waals surface area (Å²) in [7, 11) is 0. The average molecular weight is 414 g/mol. The van der Waals surface area contributed by atoms with Crippen molar-refractivity contribution in [1.29, 1.82) is 0 Å². The lowest BCUT2D eigenvalue weighted by Gasteiger charge is -2.27. The summed E-state index contributed by atoms with van der Waals surface area (Å²) < 4.78 is 14.6. The van der Waals surface area contributed by atoms with E-state index >= 15 is 0 Å². The van der Waals surface area contributed by atoms with E-state index in [9.17, 15) is 9.18 Å². The van der Waals surface area contributed by atoms with Gasteiger partial charge in [-0.2, -0.15) is 0 Å². The fourth-order valence-electron chi connectivity index (χ4n) is 4.66. The molecule has 0 N–H and O–H groups in total. The molecule has 2 aromatic carbocycles. The van der Waals surface area contributed by atoms with Crippen LogP contribution >= 0.6 is 0 Å². The molecule has 0 bridgehead atoms. The van der Waals surface area contributed by atoms with Gasteiger partial charge in [0.05, 0.1) is 5.69 Å². The lowest BCUT2D eigenvalue weighted by Crippen LogP contribution is -2.21. The molecule has 31 heavy (non-hydrogen) atoms. The van der Waals surface area contributed by atoms with E-state index in [1.54, 1.807) is 19.1 Å². The number of rotatable bonds is 4. The molecule has 0 amide bonds. The Balaban J connectivity index is 1.75. The summed E-state index contributed by atoms with van der Waals surface area (Å²) in [5, 5.41) is 0. The van der Waals surface area contributed by atoms with Gasteiger partial charge < -0.3 is 0 Å². The van der Waals surface area contributed by atoms with Crippen LogP contribution in [0.25, 0.3) is 5.57 Å². The summed E-state index contributed by atoms with van der Waals surface area (Å²) in [6, 6.07) is 15.8. The van der Waals surface area contributed by atoms with E-state index in [2.05, 4.69) is 43.1 Å². The fourth-order valence-corrected chi connectivity index (χ4v) is 4.66. The van der Waals surface area contributed by atoms with Gasteiger partial charge in [-0.25, -0.2) is 4.39 Å². The predicted molar refractivity (Wildman–Crippen MR) is 124 cm³/mol. The van der Waals surface area contributed by atoms with E-state index in [0.717, 1.165) is 33.5 Å². The smallest absolute Gasteiger partial charge is 0.166 e. The number of nitrogens with zero attached hydrogens (tertiary/aromatic N) is 1. The van der Waals surface area contributed by atoms with Crippen molar-refractivity contribution in [3.05, 3.63) is 105 Å². The molecule has 2 nitrogen and oxygen atoms in total. The molecule has 0 radical (unpaired) electrons. The number of halogens is 1. The third-order valence-electron chi connectivity index (χ3n) is 6.69. The van der Waals surface area contributed by atoms with E-state index in [0.29, 0.717) is 23.1 Å². The highest BCUT2D eigenvalue weighted by atomic mass is 19.1. The molecular formula is C28H28FNO. The lowest BCUT2D eigenvalue weighted by molar-refractivity contribution is -0.116. The zero-order valence-electron chi connectivity index (χ0n) is 18.8. The minimum Gasteiger partial charge on any atom is -0.294 e. The van der Waals surface area contributed by atoms with Crippen molar-refractivity contribution in [2.45, 2.75) is 52.9 Å². The molecule has 1 heterocycles. The summed E-state index contributed by atoms with van der Waals surface area (Å²) in [6.07, 6.45) is 2.15. The zero-order valence-corrected chi connectivity index (χ0v) is 18.8. The van der Waals surface area contributed by atoms with Gasteiger partial charge in [0.25, 0.3) is 0 Å². The Bertz CT molecular complexity index is 1210.